The monoisotopic (exact) mass is 536 g/mol. The lowest BCUT2D eigenvalue weighted by atomic mass is 9.88. The summed E-state index contributed by atoms with van der Waals surface area (Å²) in [6.07, 6.45) is 12.0. The van der Waals surface area contributed by atoms with Gasteiger partial charge in [0.1, 0.15) is 0 Å². The molecule has 2 aliphatic rings. The highest BCUT2D eigenvalue weighted by Crippen LogP contribution is 2.31. The number of rotatable bonds is 12. The Morgan fingerprint density at radius 2 is 1.35 bits per heavy atom. The lowest BCUT2D eigenvalue weighted by molar-refractivity contribution is -0.384. The molecule has 0 bridgehead atoms. The van der Waals surface area contributed by atoms with Crippen molar-refractivity contribution in [1.82, 2.24) is 14.7 Å². The number of amides is 2. The summed E-state index contributed by atoms with van der Waals surface area (Å²) < 4.78 is 0. The highest BCUT2D eigenvalue weighted by molar-refractivity contribution is 5.94. The number of benzene rings is 1. The minimum atomic E-state index is -0.462. The topological polar surface area (TPSA) is 87.0 Å². The van der Waals surface area contributed by atoms with Crippen molar-refractivity contribution in [1.29, 1.82) is 0 Å². The van der Waals surface area contributed by atoms with Gasteiger partial charge in [0.25, 0.3) is 11.6 Å². The lowest BCUT2D eigenvalue weighted by Gasteiger charge is -2.42. The largest absolute Gasteiger partial charge is 0.337 e. The minimum absolute atomic E-state index is 0. The molecule has 0 spiro atoms. The van der Waals surface area contributed by atoms with Gasteiger partial charge in [-0.1, -0.05) is 52.4 Å². The van der Waals surface area contributed by atoms with Gasteiger partial charge in [0.05, 0.1) is 4.92 Å². The Balaban J connectivity index is 0.00000481. The van der Waals surface area contributed by atoms with Gasteiger partial charge in [-0.2, -0.15) is 0 Å². The maximum Gasteiger partial charge on any atom is 0.269 e. The molecule has 2 fully saturated rings. The van der Waals surface area contributed by atoms with E-state index in [0.717, 1.165) is 45.3 Å². The van der Waals surface area contributed by atoms with Gasteiger partial charge >= 0.3 is 0 Å². The Morgan fingerprint density at radius 3 is 1.81 bits per heavy atom. The molecule has 0 N–H and O–H groups in total. The fourth-order valence-electron chi connectivity index (χ4n) is 5.81. The fourth-order valence-corrected chi connectivity index (χ4v) is 5.81. The summed E-state index contributed by atoms with van der Waals surface area (Å²) in [6.45, 7) is 7.61. The molecule has 2 aliphatic carbocycles. The number of non-ortho nitro benzene ring substituents is 1. The van der Waals surface area contributed by atoms with E-state index in [0.29, 0.717) is 37.2 Å². The summed E-state index contributed by atoms with van der Waals surface area (Å²) in [5.74, 6) is 0.00451. The van der Waals surface area contributed by atoms with Crippen LogP contribution < -0.4 is 0 Å². The molecular weight excluding hydrogens is 492 g/mol. The third-order valence-electron chi connectivity index (χ3n) is 8.01. The number of hydrogen-bond acceptors (Lipinski definition) is 5. The quantitative estimate of drug-likeness (QED) is 0.253. The number of hydrogen-bond donors (Lipinski definition) is 0. The molecule has 0 aliphatic heterocycles. The van der Waals surface area contributed by atoms with Gasteiger partial charge in [0.2, 0.25) is 5.91 Å². The molecule has 3 rings (SSSR count). The van der Waals surface area contributed by atoms with Crippen LogP contribution in [0, 0.1) is 10.1 Å². The molecule has 2 amide bonds. The third-order valence-corrected chi connectivity index (χ3v) is 8.01. The van der Waals surface area contributed by atoms with Crippen LogP contribution in [-0.2, 0) is 4.79 Å². The summed E-state index contributed by atoms with van der Waals surface area (Å²) >= 11 is 0. The molecule has 0 atom stereocenters. The Morgan fingerprint density at radius 1 is 0.838 bits per heavy atom. The second kappa shape index (κ2) is 15.9. The predicted molar refractivity (Wildman–Crippen MR) is 149 cm³/mol. The first kappa shape index (κ1) is 31.0. The SMILES string of the molecule is CCN(CC)CCN(CCC(=O)N(C1CCCCC1)C1CCCCC1)C(=O)c1ccc([N+](=O)[O-])cc1.Cl. The number of nitro groups is 1. The first-order valence-electron chi connectivity index (χ1n) is 14.0. The first-order chi connectivity index (χ1) is 17.4. The van der Waals surface area contributed by atoms with Gasteiger partial charge in [0.15, 0.2) is 0 Å². The van der Waals surface area contributed by atoms with Crippen LogP contribution in [0.1, 0.15) is 94.8 Å². The average Bonchev–Trinajstić information content (AvgIpc) is 2.92. The van der Waals surface area contributed by atoms with Crippen LogP contribution in [0.5, 0.6) is 0 Å². The fraction of sp³-hybridized carbons (Fsp3) is 0.714. The van der Waals surface area contributed by atoms with Crippen LogP contribution in [0.2, 0.25) is 0 Å². The van der Waals surface area contributed by atoms with Crippen LogP contribution in [-0.4, -0.2) is 76.2 Å². The van der Waals surface area contributed by atoms with Crippen molar-refractivity contribution in [3.8, 4) is 0 Å². The number of nitrogens with zero attached hydrogens (tertiary/aromatic N) is 4. The molecule has 0 unspecified atom stereocenters. The van der Waals surface area contributed by atoms with Crippen LogP contribution in [0.3, 0.4) is 0 Å². The second-order valence-electron chi connectivity index (χ2n) is 10.3. The highest BCUT2D eigenvalue weighted by atomic mass is 35.5. The van der Waals surface area contributed by atoms with Crippen molar-refractivity contribution in [3.63, 3.8) is 0 Å². The van der Waals surface area contributed by atoms with Gasteiger partial charge in [-0.3, -0.25) is 19.7 Å². The van der Waals surface area contributed by atoms with Crippen molar-refractivity contribution < 1.29 is 14.5 Å². The zero-order chi connectivity index (χ0) is 25.9. The van der Waals surface area contributed by atoms with Gasteiger partial charge in [-0.25, -0.2) is 0 Å². The number of nitro benzene ring substituents is 1. The third kappa shape index (κ3) is 8.95. The molecular formula is C28H45ClN4O4. The van der Waals surface area contributed by atoms with Gasteiger partial charge in [-0.05, 0) is 50.9 Å². The van der Waals surface area contributed by atoms with Crippen LogP contribution >= 0.6 is 12.4 Å². The van der Waals surface area contributed by atoms with Crippen LogP contribution in [0.15, 0.2) is 24.3 Å². The van der Waals surface area contributed by atoms with E-state index in [1.54, 1.807) is 4.90 Å². The number of likely N-dealkylation sites (N-methyl/N-ethyl adjacent to an activating group) is 1. The summed E-state index contributed by atoms with van der Waals surface area (Å²) in [6, 6.07) is 6.45. The molecule has 37 heavy (non-hydrogen) atoms. The second-order valence-corrected chi connectivity index (χ2v) is 10.3. The molecule has 9 heteroatoms. The molecule has 208 valence electrons. The highest BCUT2D eigenvalue weighted by Gasteiger charge is 2.32. The Kier molecular flexibility index (Phi) is 13.4. The smallest absolute Gasteiger partial charge is 0.269 e. The Bertz CT molecular complexity index is 832. The van der Waals surface area contributed by atoms with Crippen molar-refractivity contribution >= 4 is 29.9 Å². The summed E-state index contributed by atoms with van der Waals surface area (Å²) in [5.41, 5.74) is 0.385. The van der Waals surface area contributed by atoms with E-state index in [1.165, 1.54) is 62.8 Å². The molecule has 0 saturated heterocycles. The molecule has 0 radical (unpaired) electrons. The molecule has 8 nitrogen and oxygen atoms in total. The van der Waals surface area contributed by atoms with Gasteiger partial charge in [0, 0.05) is 55.8 Å². The van der Waals surface area contributed by atoms with E-state index in [9.17, 15) is 19.7 Å². The zero-order valence-electron chi connectivity index (χ0n) is 22.6. The Labute approximate surface area is 228 Å². The number of halogens is 1. The predicted octanol–water partition coefficient (Wildman–Crippen LogP) is 5.68. The maximum atomic E-state index is 13.7. The lowest BCUT2D eigenvalue weighted by Crippen LogP contribution is -2.50. The summed E-state index contributed by atoms with van der Waals surface area (Å²) in [4.78, 5) is 43.9. The summed E-state index contributed by atoms with van der Waals surface area (Å²) in [7, 11) is 0. The van der Waals surface area contributed by atoms with Gasteiger partial charge < -0.3 is 14.7 Å². The van der Waals surface area contributed by atoms with E-state index in [-0.39, 0.29) is 29.9 Å². The summed E-state index contributed by atoms with van der Waals surface area (Å²) in [5, 5.41) is 11.0. The van der Waals surface area contributed by atoms with E-state index < -0.39 is 4.92 Å². The minimum Gasteiger partial charge on any atom is -0.337 e. The average molecular weight is 537 g/mol. The maximum absolute atomic E-state index is 13.7. The van der Waals surface area contributed by atoms with Crippen molar-refractivity contribution in [2.45, 2.75) is 96.6 Å². The van der Waals surface area contributed by atoms with Crippen molar-refractivity contribution in [3.05, 3.63) is 39.9 Å². The van der Waals surface area contributed by atoms with Crippen LogP contribution in [0.25, 0.3) is 0 Å². The number of carbonyl (C=O) groups excluding carboxylic acids is 2. The van der Waals surface area contributed by atoms with E-state index in [4.69, 9.17) is 0 Å². The van der Waals surface area contributed by atoms with Gasteiger partial charge in [-0.15, -0.1) is 12.4 Å². The van der Waals surface area contributed by atoms with Crippen molar-refractivity contribution in [2.75, 3.05) is 32.7 Å². The molecule has 1 aromatic rings. The van der Waals surface area contributed by atoms with E-state index in [2.05, 4.69) is 23.6 Å². The molecule has 0 aromatic heterocycles. The van der Waals surface area contributed by atoms with Crippen molar-refractivity contribution in [2.24, 2.45) is 0 Å². The van der Waals surface area contributed by atoms with E-state index >= 15 is 0 Å². The molecule has 0 heterocycles. The zero-order valence-corrected chi connectivity index (χ0v) is 23.4. The molecule has 2 saturated carbocycles. The van der Waals surface area contributed by atoms with Crippen LogP contribution in [0.4, 0.5) is 5.69 Å². The normalized spacial score (nSPS) is 16.7. The molecule has 1 aromatic carbocycles. The van der Waals surface area contributed by atoms with E-state index in [1.807, 2.05) is 0 Å². The Hall–Kier alpha value is -2.19. The standard InChI is InChI=1S/C28H44N4O4.ClH/c1-3-29(4-2)21-22-30(28(34)23-15-17-26(18-16-23)32(35)36)20-19-27(33)31(24-11-7-5-8-12-24)25-13-9-6-10-14-25;/h15-18,24-25H,3-14,19-22H2,1-2H3;1H. The number of carbonyl (C=O) groups is 2. The first-order valence-corrected chi connectivity index (χ1v) is 14.0.